The number of carbonyl (C=O) groups excluding carboxylic acids is 4. The second-order valence-electron chi connectivity index (χ2n) is 13.9. The van der Waals surface area contributed by atoms with Crippen LogP contribution in [0.2, 0.25) is 0 Å². The number of alkyl carbamates (subject to hydrolysis) is 1. The van der Waals surface area contributed by atoms with Crippen LogP contribution >= 0.6 is 11.3 Å². The molecule has 2 saturated carbocycles. The number of amides is 4. The van der Waals surface area contributed by atoms with Gasteiger partial charge in [0, 0.05) is 24.5 Å². The van der Waals surface area contributed by atoms with E-state index in [4.69, 9.17) is 28.9 Å². The molecular formula is C38H45N7O8S. The Kier molecular flexibility index (Phi) is 11.6. The van der Waals surface area contributed by atoms with Crippen molar-refractivity contribution in [1.29, 1.82) is 5.26 Å². The first-order chi connectivity index (χ1) is 26.0. The zero-order chi connectivity index (χ0) is 38.6. The van der Waals surface area contributed by atoms with Gasteiger partial charge in [-0.2, -0.15) is 5.26 Å². The van der Waals surface area contributed by atoms with E-state index in [0.29, 0.717) is 34.6 Å². The summed E-state index contributed by atoms with van der Waals surface area (Å²) in [4.78, 5) is 66.8. The van der Waals surface area contributed by atoms with Gasteiger partial charge in [-0.1, -0.05) is 32.4 Å². The standard InChI is InChI=1S/C38H45N7O8S/c1-6-21(3)31(43-37(49)53-23-11-8-9-12-23)35(47)45-19-24(15-27(45)33(46)44-38(18-22(38)7-2)36(48)40-20-39)52-34-32(30-13-10-14-54-30)41-25-16-28(50-4)29(51-5)17-26(25)42-34/h7,10,13-14,16-17,21-24,27,31H,2,6,8-9,11-12,15,18-19H2,1,3-5H3,(H,40,48)(H,43,49)(H,44,46)/t21?,22?,24-,27+,31-,38-/m1/s1. The zero-order valence-electron chi connectivity index (χ0n) is 30.8. The molecule has 3 aromatic rings. The average Bonchev–Trinajstić information content (AvgIpc) is 3.66. The third-order valence-electron chi connectivity index (χ3n) is 10.6. The summed E-state index contributed by atoms with van der Waals surface area (Å²) < 4.78 is 23.2. The number of ether oxygens (including phenoxy) is 4. The van der Waals surface area contributed by atoms with Crippen LogP contribution in [0.5, 0.6) is 17.4 Å². The Morgan fingerprint density at radius 1 is 1.13 bits per heavy atom. The van der Waals surface area contributed by atoms with E-state index in [-0.39, 0.29) is 37.3 Å². The quantitative estimate of drug-likeness (QED) is 0.119. The van der Waals surface area contributed by atoms with E-state index < -0.39 is 53.5 Å². The monoisotopic (exact) mass is 759 g/mol. The molecule has 6 rings (SSSR count). The Bertz CT molecular complexity index is 1950. The van der Waals surface area contributed by atoms with Crippen molar-refractivity contribution in [2.45, 2.75) is 88.6 Å². The summed E-state index contributed by atoms with van der Waals surface area (Å²) >= 11 is 1.45. The van der Waals surface area contributed by atoms with Crippen LogP contribution in [-0.2, 0) is 19.1 Å². The van der Waals surface area contributed by atoms with Crippen LogP contribution in [0.15, 0.2) is 42.3 Å². The fourth-order valence-corrected chi connectivity index (χ4v) is 7.94. The summed E-state index contributed by atoms with van der Waals surface area (Å²) in [5.74, 6) is -1.38. The molecule has 2 aromatic heterocycles. The number of rotatable bonds is 14. The number of likely N-dealkylation sites (tertiary alicyclic amines) is 1. The first-order valence-electron chi connectivity index (χ1n) is 18.1. The highest BCUT2D eigenvalue weighted by molar-refractivity contribution is 7.13. The van der Waals surface area contributed by atoms with Crippen LogP contribution in [0.3, 0.4) is 0 Å². The second kappa shape index (κ2) is 16.3. The number of methoxy groups -OCH3 is 2. The Morgan fingerprint density at radius 2 is 1.83 bits per heavy atom. The van der Waals surface area contributed by atoms with Gasteiger partial charge in [-0.25, -0.2) is 14.8 Å². The van der Waals surface area contributed by atoms with Crippen molar-refractivity contribution in [1.82, 2.24) is 30.8 Å². The van der Waals surface area contributed by atoms with Gasteiger partial charge in [0.25, 0.3) is 5.91 Å². The number of hydrogen-bond donors (Lipinski definition) is 3. The van der Waals surface area contributed by atoms with Crippen LogP contribution in [-0.4, -0.2) is 89.3 Å². The Hall–Kier alpha value is -5.43. The molecule has 3 fully saturated rings. The fraction of sp³-hybridized carbons (Fsp3) is 0.500. The Morgan fingerprint density at radius 3 is 2.43 bits per heavy atom. The lowest BCUT2D eigenvalue weighted by molar-refractivity contribution is -0.142. The maximum atomic E-state index is 14.6. The van der Waals surface area contributed by atoms with Crippen molar-refractivity contribution in [3.05, 3.63) is 42.3 Å². The van der Waals surface area contributed by atoms with E-state index in [1.165, 1.54) is 30.5 Å². The number of benzene rings is 1. The Labute approximate surface area is 317 Å². The highest BCUT2D eigenvalue weighted by atomic mass is 32.1. The molecule has 0 bridgehead atoms. The first-order valence-corrected chi connectivity index (χ1v) is 19.0. The van der Waals surface area contributed by atoms with Gasteiger partial charge in [0.15, 0.2) is 17.7 Å². The SMILES string of the molecule is C=CC1C[C@]1(NC(=O)[C@@H]1C[C@@H](Oc2nc3cc(OC)c(OC)cc3nc2-c2cccs2)CN1C(=O)[C@H](NC(=O)OC1CCCC1)C(C)CC)C(=O)NC#N. The van der Waals surface area contributed by atoms with E-state index in [9.17, 15) is 24.4 Å². The number of carbonyl (C=O) groups is 4. The van der Waals surface area contributed by atoms with Crippen LogP contribution in [0.25, 0.3) is 21.6 Å². The van der Waals surface area contributed by atoms with E-state index in [2.05, 4.69) is 22.5 Å². The predicted molar refractivity (Wildman–Crippen MR) is 199 cm³/mol. The lowest BCUT2D eigenvalue weighted by Crippen LogP contribution is -2.58. The maximum absolute atomic E-state index is 14.6. The van der Waals surface area contributed by atoms with Gasteiger partial charge in [0.1, 0.15) is 35.5 Å². The summed E-state index contributed by atoms with van der Waals surface area (Å²) in [5, 5.41) is 18.8. The lowest BCUT2D eigenvalue weighted by Gasteiger charge is -2.32. The van der Waals surface area contributed by atoms with Crippen molar-refractivity contribution in [3.8, 4) is 34.1 Å². The van der Waals surface area contributed by atoms with Crippen molar-refractivity contribution >= 4 is 46.2 Å². The topological polar surface area (TPSA) is 194 Å². The summed E-state index contributed by atoms with van der Waals surface area (Å²) in [6, 6.07) is 5.07. The molecule has 1 aliphatic heterocycles. The minimum absolute atomic E-state index is 0.0293. The van der Waals surface area contributed by atoms with Crippen molar-refractivity contribution in [2.75, 3.05) is 20.8 Å². The van der Waals surface area contributed by atoms with E-state index in [1.807, 2.05) is 31.4 Å². The van der Waals surface area contributed by atoms with Gasteiger partial charge >= 0.3 is 6.09 Å². The van der Waals surface area contributed by atoms with Gasteiger partial charge in [-0.3, -0.25) is 19.7 Å². The lowest BCUT2D eigenvalue weighted by atomic mass is 9.97. The van der Waals surface area contributed by atoms with Gasteiger partial charge in [-0.05, 0) is 49.5 Å². The minimum atomic E-state index is -1.39. The first kappa shape index (κ1) is 38.3. The molecule has 3 N–H and O–H groups in total. The van der Waals surface area contributed by atoms with Crippen LogP contribution in [0.1, 0.15) is 58.8 Å². The molecule has 1 saturated heterocycles. The van der Waals surface area contributed by atoms with Gasteiger partial charge in [0.2, 0.25) is 17.7 Å². The normalized spacial score (nSPS) is 23.1. The van der Waals surface area contributed by atoms with E-state index in [1.54, 1.807) is 24.4 Å². The molecule has 0 radical (unpaired) electrons. The molecule has 1 aromatic carbocycles. The smallest absolute Gasteiger partial charge is 0.408 e. The molecule has 3 heterocycles. The third-order valence-corrected chi connectivity index (χ3v) is 11.4. The van der Waals surface area contributed by atoms with E-state index in [0.717, 1.165) is 30.6 Å². The van der Waals surface area contributed by atoms with Gasteiger partial charge in [0.05, 0.1) is 36.7 Å². The molecule has 16 heteroatoms. The molecule has 15 nitrogen and oxygen atoms in total. The van der Waals surface area contributed by atoms with Crippen molar-refractivity contribution < 1.29 is 38.1 Å². The highest BCUT2D eigenvalue weighted by Crippen LogP contribution is 2.45. The average molecular weight is 760 g/mol. The molecule has 286 valence electrons. The summed E-state index contributed by atoms with van der Waals surface area (Å²) in [7, 11) is 3.06. The molecule has 3 aliphatic rings. The number of aromatic nitrogens is 2. The molecule has 2 aliphatic carbocycles. The predicted octanol–water partition coefficient (Wildman–Crippen LogP) is 4.47. The molecule has 4 amide bonds. The largest absolute Gasteiger partial charge is 0.493 e. The number of nitrogens with zero attached hydrogens (tertiary/aromatic N) is 4. The molecule has 6 atom stereocenters. The van der Waals surface area contributed by atoms with Gasteiger partial charge in [-0.15, -0.1) is 17.9 Å². The number of thiophene rings is 1. The summed E-state index contributed by atoms with van der Waals surface area (Å²) in [6.07, 6.45) is 5.82. The molecule has 54 heavy (non-hydrogen) atoms. The van der Waals surface area contributed by atoms with Crippen LogP contribution in [0, 0.1) is 23.3 Å². The zero-order valence-corrected chi connectivity index (χ0v) is 31.6. The number of fused-ring (bicyclic) bond motifs is 1. The maximum Gasteiger partial charge on any atom is 0.408 e. The minimum Gasteiger partial charge on any atom is -0.493 e. The van der Waals surface area contributed by atoms with Crippen molar-refractivity contribution in [3.63, 3.8) is 0 Å². The second-order valence-corrected chi connectivity index (χ2v) is 14.9. The van der Waals surface area contributed by atoms with Crippen LogP contribution in [0.4, 0.5) is 4.79 Å². The van der Waals surface area contributed by atoms with Crippen molar-refractivity contribution in [2.24, 2.45) is 11.8 Å². The number of nitriles is 1. The highest BCUT2D eigenvalue weighted by Gasteiger charge is 2.61. The molecule has 0 spiro atoms. The fourth-order valence-electron chi connectivity index (χ4n) is 7.24. The van der Waals surface area contributed by atoms with Gasteiger partial charge < -0.3 is 34.5 Å². The number of nitrogens with one attached hydrogen (secondary N) is 3. The summed E-state index contributed by atoms with van der Waals surface area (Å²) in [5.41, 5.74) is 0.0821. The number of hydrogen-bond acceptors (Lipinski definition) is 12. The third kappa shape index (κ3) is 7.77. The molecule has 2 unspecified atom stereocenters. The summed E-state index contributed by atoms with van der Waals surface area (Å²) in [6.45, 7) is 7.49. The molecular weight excluding hydrogens is 715 g/mol. The Balaban J connectivity index is 1.33. The van der Waals surface area contributed by atoms with Crippen LogP contribution < -0.4 is 30.2 Å². The van der Waals surface area contributed by atoms with E-state index >= 15 is 0 Å².